The van der Waals surface area contributed by atoms with Crippen molar-refractivity contribution in [1.29, 1.82) is 0 Å². The SMILES string of the molecule is CCCC1CCCN(C(C)(CN)C(C)OC)CC1. The monoisotopic (exact) mass is 256 g/mol. The molecule has 1 aliphatic heterocycles. The number of hydrogen-bond acceptors (Lipinski definition) is 3. The molecular weight excluding hydrogens is 224 g/mol. The molecule has 0 bridgehead atoms. The number of rotatable bonds is 6. The van der Waals surface area contributed by atoms with Gasteiger partial charge in [0, 0.05) is 13.7 Å². The van der Waals surface area contributed by atoms with Gasteiger partial charge in [0.2, 0.25) is 0 Å². The highest BCUT2D eigenvalue weighted by molar-refractivity contribution is 4.94. The predicted octanol–water partition coefficient (Wildman–Crippen LogP) is 2.64. The third kappa shape index (κ3) is 3.69. The molecule has 0 radical (unpaired) electrons. The van der Waals surface area contributed by atoms with Crippen molar-refractivity contribution < 1.29 is 4.74 Å². The molecule has 1 saturated heterocycles. The molecule has 0 aliphatic carbocycles. The lowest BCUT2D eigenvalue weighted by atomic mass is 9.92. The van der Waals surface area contributed by atoms with Crippen molar-refractivity contribution in [1.82, 2.24) is 4.90 Å². The topological polar surface area (TPSA) is 38.5 Å². The van der Waals surface area contributed by atoms with Crippen LogP contribution in [0.15, 0.2) is 0 Å². The third-order valence-electron chi connectivity index (χ3n) is 4.91. The van der Waals surface area contributed by atoms with Crippen LogP contribution in [-0.4, -0.2) is 43.3 Å². The molecule has 3 nitrogen and oxygen atoms in total. The average Bonchev–Trinajstić information content (AvgIpc) is 2.63. The molecular formula is C15H32N2O. The predicted molar refractivity (Wildman–Crippen MR) is 77.8 cm³/mol. The fourth-order valence-electron chi connectivity index (χ4n) is 3.18. The number of nitrogens with zero attached hydrogens (tertiary/aromatic N) is 1. The lowest BCUT2D eigenvalue weighted by molar-refractivity contribution is -0.0302. The van der Waals surface area contributed by atoms with E-state index in [-0.39, 0.29) is 11.6 Å². The molecule has 0 saturated carbocycles. The van der Waals surface area contributed by atoms with E-state index in [1.165, 1.54) is 45.2 Å². The lowest BCUT2D eigenvalue weighted by Gasteiger charge is -2.43. The van der Waals surface area contributed by atoms with Gasteiger partial charge in [0.15, 0.2) is 0 Å². The molecule has 2 N–H and O–H groups in total. The van der Waals surface area contributed by atoms with Gasteiger partial charge in [0.25, 0.3) is 0 Å². The first-order valence-corrected chi connectivity index (χ1v) is 7.56. The zero-order chi connectivity index (χ0) is 13.6. The first-order valence-electron chi connectivity index (χ1n) is 7.56. The Bertz CT molecular complexity index is 235. The summed E-state index contributed by atoms with van der Waals surface area (Å²) in [6.07, 6.45) is 6.88. The molecule has 1 fully saturated rings. The van der Waals surface area contributed by atoms with Crippen LogP contribution in [0.3, 0.4) is 0 Å². The van der Waals surface area contributed by atoms with E-state index in [0.29, 0.717) is 6.54 Å². The fraction of sp³-hybridized carbons (Fsp3) is 1.00. The molecule has 0 aromatic heterocycles. The van der Waals surface area contributed by atoms with E-state index < -0.39 is 0 Å². The normalized spacial score (nSPS) is 27.5. The highest BCUT2D eigenvalue weighted by atomic mass is 16.5. The van der Waals surface area contributed by atoms with Crippen molar-refractivity contribution >= 4 is 0 Å². The van der Waals surface area contributed by atoms with Gasteiger partial charge in [-0.05, 0) is 52.1 Å². The Hall–Kier alpha value is -0.120. The summed E-state index contributed by atoms with van der Waals surface area (Å²) in [7, 11) is 1.79. The molecule has 1 aliphatic rings. The number of hydrogen-bond donors (Lipinski definition) is 1. The first-order chi connectivity index (χ1) is 8.58. The van der Waals surface area contributed by atoms with Gasteiger partial charge < -0.3 is 10.5 Å². The van der Waals surface area contributed by atoms with Crippen molar-refractivity contribution in [3.8, 4) is 0 Å². The minimum atomic E-state index is -0.0180. The standard InChI is InChI=1S/C15H32N2O/c1-5-7-14-8-6-10-17(11-9-14)15(3,12-16)13(2)18-4/h13-14H,5-12,16H2,1-4H3. The molecule has 18 heavy (non-hydrogen) atoms. The summed E-state index contributed by atoms with van der Waals surface area (Å²) in [6.45, 7) is 9.69. The van der Waals surface area contributed by atoms with E-state index in [1.54, 1.807) is 7.11 Å². The van der Waals surface area contributed by atoms with Crippen LogP contribution in [0.5, 0.6) is 0 Å². The molecule has 0 amide bonds. The average molecular weight is 256 g/mol. The van der Waals surface area contributed by atoms with E-state index in [9.17, 15) is 0 Å². The van der Waals surface area contributed by atoms with Gasteiger partial charge in [-0.25, -0.2) is 0 Å². The van der Waals surface area contributed by atoms with E-state index in [2.05, 4.69) is 25.7 Å². The van der Waals surface area contributed by atoms with Crippen LogP contribution in [0.2, 0.25) is 0 Å². The summed E-state index contributed by atoms with van der Waals surface area (Å²) < 4.78 is 5.55. The quantitative estimate of drug-likeness (QED) is 0.794. The lowest BCUT2D eigenvalue weighted by Crippen LogP contribution is -2.59. The zero-order valence-corrected chi connectivity index (χ0v) is 12.7. The number of ether oxygens (including phenoxy) is 1. The fourth-order valence-corrected chi connectivity index (χ4v) is 3.18. The van der Waals surface area contributed by atoms with Crippen LogP contribution in [0, 0.1) is 5.92 Å². The van der Waals surface area contributed by atoms with Gasteiger partial charge >= 0.3 is 0 Å². The van der Waals surface area contributed by atoms with Gasteiger partial charge in [-0.15, -0.1) is 0 Å². The Kier molecular flexibility index (Phi) is 6.61. The Morgan fingerprint density at radius 2 is 2.11 bits per heavy atom. The number of methoxy groups -OCH3 is 1. The molecule has 3 atom stereocenters. The van der Waals surface area contributed by atoms with Crippen molar-refractivity contribution in [3.05, 3.63) is 0 Å². The molecule has 0 aromatic rings. The molecule has 1 heterocycles. The van der Waals surface area contributed by atoms with Crippen molar-refractivity contribution in [3.63, 3.8) is 0 Å². The van der Waals surface area contributed by atoms with Crippen LogP contribution in [0.1, 0.15) is 52.9 Å². The van der Waals surface area contributed by atoms with Gasteiger partial charge in [-0.1, -0.05) is 19.8 Å². The zero-order valence-electron chi connectivity index (χ0n) is 12.7. The summed E-state index contributed by atoms with van der Waals surface area (Å²) in [5, 5.41) is 0. The maximum atomic E-state index is 6.04. The van der Waals surface area contributed by atoms with Crippen LogP contribution in [-0.2, 0) is 4.74 Å². The Labute approximate surface area is 113 Å². The summed E-state index contributed by atoms with van der Waals surface area (Å²) in [5.41, 5.74) is 6.02. The van der Waals surface area contributed by atoms with Crippen molar-refractivity contribution in [2.24, 2.45) is 11.7 Å². The van der Waals surface area contributed by atoms with Crippen molar-refractivity contribution in [2.45, 2.75) is 64.5 Å². The van der Waals surface area contributed by atoms with E-state index in [0.717, 1.165) is 5.92 Å². The first kappa shape index (κ1) is 15.9. The number of nitrogens with two attached hydrogens (primary N) is 1. The summed E-state index contributed by atoms with van der Waals surface area (Å²) in [5.74, 6) is 0.917. The maximum absolute atomic E-state index is 6.04. The Morgan fingerprint density at radius 3 is 2.67 bits per heavy atom. The van der Waals surface area contributed by atoms with Gasteiger partial charge in [0.05, 0.1) is 11.6 Å². The number of likely N-dealkylation sites (tertiary alicyclic amines) is 1. The minimum absolute atomic E-state index is 0.0180. The molecule has 0 aromatic carbocycles. The largest absolute Gasteiger partial charge is 0.380 e. The van der Waals surface area contributed by atoms with E-state index >= 15 is 0 Å². The van der Waals surface area contributed by atoms with Crippen LogP contribution in [0.4, 0.5) is 0 Å². The highest BCUT2D eigenvalue weighted by Gasteiger charge is 2.37. The molecule has 3 heteroatoms. The summed E-state index contributed by atoms with van der Waals surface area (Å²) in [4.78, 5) is 2.57. The Balaban J connectivity index is 2.64. The summed E-state index contributed by atoms with van der Waals surface area (Å²) >= 11 is 0. The Morgan fingerprint density at radius 1 is 1.39 bits per heavy atom. The molecule has 3 unspecified atom stereocenters. The van der Waals surface area contributed by atoms with Crippen LogP contribution < -0.4 is 5.73 Å². The summed E-state index contributed by atoms with van der Waals surface area (Å²) in [6, 6.07) is 0. The second kappa shape index (κ2) is 7.46. The van der Waals surface area contributed by atoms with Crippen molar-refractivity contribution in [2.75, 3.05) is 26.7 Å². The van der Waals surface area contributed by atoms with E-state index in [1.807, 2.05) is 0 Å². The van der Waals surface area contributed by atoms with Gasteiger partial charge in [0.1, 0.15) is 0 Å². The van der Waals surface area contributed by atoms with Gasteiger partial charge in [-0.3, -0.25) is 4.90 Å². The minimum Gasteiger partial charge on any atom is -0.380 e. The van der Waals surface area contributed by atoms with E-state index in [4.69, 9.17) is 10.5 Å². The molecule has 0 spiro atoms. The molecule has 108 valence electrons. The second-order valence-corrected chi connectivity index (χ2v) is 6.01. The molecule has 1 rings (SSSR count). The highest BCUT2D eigenvalue weighted by Crippen LogP contribution is 2.28. The maximum Gasteiger partial charge on any atom is 0.0736 e. The van der Waals surface area contributed by atoms with Crippen LogP contribution >= 0.6 is 0 Å². The third-order valence-corrected chi connectivity index (χ3v) is 4.91. The second-order valence-electron chi connectivity index (χ2n) is 6.01. The smallest absolute Gasteiger partial charge is 0.0736 e. The van der Waals surface area contributed by atoms with Crippen LogP contribution in [0.25, 0.3) is 0 Å². The van der Waals surface area contributed by atoms with Gasteiger partial charge in [-0.2, -0.15) is 0 Å².